The molecule has 2 fully saturated rings. The normalized spacial score (nSPS) is 28.7. The molecule has 2 aromatic rings. The molecule has 0 radical (unpaired) electrons. The van der Waals surface area contributed by atoms with Crippen LogP contribution in [0.3, 0.4) is 0 Å². The molecule has 0 saturated carbocycles. The zero-order valence-corrected chi connectivity index (χ0v) is 16.9. The molecule has 1 aromatic heterocycles. The molecule has 2 N–H and O–H groups in total. The van der Waals surface area contributed by atoms with Crippen LogP contribution in [-0.2, 0) is 19.1 Å². The lowest BCUT2D eigenvalue weighted by molar-refractivity contribution is -0.734. The topological polar surface area (TPSA) is 80.3 Å². The van der Waals surface area contributed by atoms with Crippen LogP contribution in [0.15, 0.2) is 41.8 Å². The molecule has 0 aliphatic carbocycles. The van der Waals surface area contributed by atoms with Gasteiger partial charge in [-0.2, -0.15) is 0 Å². The molecule has 2 saturated heterocycles. The highest BCUT2D eigenvalue weighted by Crippen LogP contribution is 2.47. The van der Waals surface area contributed by atoms with Crippen LogP contribution in [-0.4, -0.2) is 30.4 Å². The first-order chi connectivity index (χ1) is 13.9. The van der Waals surface area contributed by atoms with Gasteiger partial charge in [-0.15, -0.1) is 11.3 Å². The van der Waals surface area contributed by atoms with Gasteiger partial charge >= 0.3 is 5.97 Å². The fourth-order valence-electron chi connectivity index (χ4n) is 4.85. The number of quaternary nitrogens is 1. The number of methoxy groups -OCH3 is 1. The zero-order chi connectivity index (χ0) is 20.8. The molecule has 152 valence electrons. The Bertz CT molecular complexity index is 946. The second-order valence-electron chi connectivity index (χ2n) is 7.48. The summed E-state index contributed by atoms with van der Waals surface area (Å²) in [7, 11) is 1.31. The maximum atomic E-state index is 13.5. The summed E-state index contributed by atoms with van der Waals surface area (Å²) in [5.41, 5.74) is -0.847. The number of amides is 2. The third-order valence-corrected chi connectivity index (χ3v) is 6.93. The van der Waals surface area contributed by atoms with E-state index in [-0.39, 0.29) is 11.9 Å². The average molecular weight is 417 g/mol. The first-order valence-electron chi connectivity index (χ1n) is 9.56. The summed E-state index contributed by atoms with van der Waals surface area (Å²) >= 11 is 1.49. The van der Waals surface area contributed by atoms with Crippen molar-refractivity contribution in [3.63, 3.8) is 0 Å². The summed E-state index contributed by atoms with van der Waals surface area (Å²) in [6.07, 6.45) is 1.07. The van der Waals surface area contributed by atoms with Crippen LogP contribution in [0.4, 0.5) is 10.1 Å². The minimum atomic E-state index is -1.16. The molecule has 3 heterocycles. The van der Waals surface area contributed by atoms with Crippen molar-refractivity contribution in [2.75, 3.05) is 12.0 Å². The van der Waals surface area contributed by atoms with E-state index in [0.717, 1.165) is 9.78 Å². The maximum absolute atomic E-state index is 13.5. The monoisotopic (exact) mass is 417 g/mol. The van der Waals surface area contributed by atoms with Crippen molar-refractivity contribution in [2.45, 2.75) is 31.3 Å². The summed E-state index contributed by atoms with van der Waals surface area (Å²) in [6.45, 7) is 1.94. The smallest absolute Gasteiger partial charge is 0.368 e. The van der Waals surface area contributed by atoms with E-state index in [1.54, 1.807) is 0 Å². The number of imide groups is 1. The molecular formula is C21H22FN2O4S+. The van der Waals surface area contributed by atoms with Crippen molar-refractivity contribution >= 4 is 34.8 Å². The predicted octanol–water partition coefficient (Wildman–Crippen LogP) is 2.02. The van der Waals surface area contributed by atoms with Crippen LogP contribution >= 0.6 is 11.3 Å². The highest BCUT2D eigenvalue weighted by atomic mass is 32.1. The Morgan fingerprint density at radius 2 is 1.97 bits per heavy atom. The molecule has 0 unspecified atom stereocenters. The lowest BCUT2D eigenvalue weighted by atomic mass is 9.77. The van der Waals surface area contributed by atoms with E-state index in [0.29, 0.717) is 18.5 Å². The summed E-state index contributed by atoms with van der Waals surface area (Å²) in [6, 6.07) is 8.71. The molecule has 2 amide bonds. The van der Waals surface area contributed by atoms with Crippen molar-refractivity contribution in [1.82, 2.24) is 0 Å². The Hall–Kier alpha value is -2.58. The Kier molecular flexibility index (Phi) is 5.00. The minimum absolute atomic E-state index is 0.316. The molecule has 4 rings (SSSR count). The number of hydrogen-bond donors (Lipinski definition) is 1. The number of thiophene rings is 1. The molecule has 2 aliphatic heterocycles. The minimum Gasteiger partial charge on any atom is -0.464 e. The van der Waals surface area contributed by atoms with Crippen molar-refractivity contribution < 1.29 is 28.8 Å². The van der Waals surface area contributed by atoms with E-state index in [4.69, 9.17) is 4.74 Å². The van der Waals surface area contributed by atoms with E-state index in [2.05, 4.69) is 0 Å². The van der Waals surface area contributed by atoms with Gasteiger partial charge in [-0.25, -0.2) is 14.1 Å². The lowest BCUT2D eigenvalue weighted by Crippen LogP contribution is -2.98. The molecule has 4 atom stereocenters. The van der Waals surface area contributed by atoms with Gasteiger partial charge in [0.2, 0.25) is 17.4 Å². The molecule has 6 nitrogen and oxygen atoms in total. The second-order valence-corrected chi connectivity index (χ2v) is 8.46. The van der Waals surface area contributed by atoms with Crippen LogP contribution in [0, 0.1) is 17.7 Å². The Labute approximate surface area is 171 Å². The molecule has 0 bridgehead atoms. The van der Waals surface area contributed by atoms with Gasteiger partial charge in [0.1, 0.15) is 23.7 Å². The first-order valence-corrected chi connectivity index (χ1v) is 10.4. The van der Waals surface area contributed by atoms with Crippen molar-refractivity contribution in [2.24, 2.45) is 11.8 Å². The fraction of sp³-hybridized carbons (Fsp3) is 0.381. The van der Waals surface area contributed by atoms with E-state index in [9.17, 15) is 18.8 Å². The largest absolute Gasteiger partial charge is 0.464 e. The number of anilines is 1. The number of fused-ring (bicyclic) bond motifs is 1. The lowest BCUT2D eigenvalue weighted by Gasteiger charge is -2.28. The number of nitrogens with two attached hydrogens (primary N) is 1. The molecule has 1 aromatic carbocycles. The van der Waals surface area contributed by atoms with Gasteiger partial charge in [-0.1, -0.05) is 13.0 Å². The fourth-order valence-corrected chi connectivity index (χ4v) is 5.69. The molecule has 29 heavy (non-hydrogen) atoms. The average Bonchev–Trinajstić information content (AvgIpc) is 3.41. The third-order valence-electron chi connectivity index (χ3n) is 5.96. The summed E-state index contributed by atoms with van der Waals surface area (Å²) < 4.78 is 18.5. The van der Waals surface area contributed by atoms with E-state index < -0.39 is 35.1 Å². The quantitative estimate of drug-likeness (QED) is 0.596. The van der Waals surface area contributed by atoms with Gasteiger partial charge in [0, 0.05) is 6.42 Å². The third kappa shape index (κ3) is 2.89. The van der Waals surface area contributed by atoms with Crippen LogP contribution in [0.25, 0.3) is 0 Å². The van der Waals surface area contributed by atoms with Gasteiger partial charge in [0.05, 0.1) is 17.7 Å². The number of ether oxygens (including phenoxy) is 1. The maximum Gasteiger partial charge on any atom is 0.368 e. The van der Waals surface area contributed by atoms with Gasteiger partial charge < -0.3 is 10.1 Å². The van der Waals surface area contributed by atoms with Crippen LogP contribution in [0.1, 0.15) is 30.7 Å². The highest BCUT2D eigenvalue weighted by molar-refractivity contribution is 7.10. The molecular weight excluding hydrogens is 395 g/mol. The second kappa shape index (κ2) is 7.35. The SMILES string of the molecule is CCC[C@]1(C(=O)OC)[NH2+][C@@H](c2cccs2)[C@H]2C(=O)N(c3ccc(F)cc3)C(=O)[C@H]21. The van der Waals surface area contributed by atoms with E-state index in [1.165, 1.54) is 42.7 Å². The predicted molar refractivity (Wildman–Crippen MR) is 105 cm³/mol. The summed E-state index contributed by atoms with van der Waals surface area (Å²) in [5, 5.41) is 3.77. The number of halogens is 1. The standard InChI is InChI=1S/C21H21FN2O4S/c1-3-10-21(20(27)28-2)16-15(17(23-21)14-5-4-11-29-14)18(25)24(19(16)26)13-8-6-12(22)7-9-13/h4-9,11,15-17,23H,3,10H2,1-2H3/p+1/t15-,16-,17-,21-/m0/s1. The molecule has 2 aliphatic rings. The van der Waals surface area contributed by atoms with Gasteiger partial charge in [-0.05, 0) is 42.1 Å². The number of carbonyl (C=O) groups excluding carboxylic acids is 3. The summed E-state index contributed by atoms with van der Waals surface area (Å²) in [4.78, 5) is 41.9. The number of nitrogens with zero attached hydrogens (tertiary/aromatic N) is 1. The van der Waals surface area contributed by atoms with Gasteiger partial charge in [0.15, 0.2) is 0 Å². The number of rotatable bonds is 5. The van der Waals surface area contributed by atoms with Crippen LogP contribution in [0.5, 0.6) is 0 Å². The Morgan fingerprint density at radius 3 is 2.55 bits per heavy atom. The van der Waals surface area contributed by atoms with Gasteiger partial charge in [-0.3, -0.25) is 9.59 Å². The van der Waals surface area contributed by atoms with E-state index >= 15 is 0 Å². The first kappa shape index (κ1) is 19.7. The number of esters is 1. The molecule has 8 heteroatoms. The Morgan fingerprint density at radius 1 is 1.24 bits per heavy atom. The van der Waals surface area contributed by atoms with Gasteiger partial charge in [0.25, 0.3) is 0 Å². The number of carbonyl (C=O) groups is 3. The summed E-state index contributed by atoms with van der Waals surface area (Å²) in [5.74, 6) is -3.25. The van der Waals surface area contributed by atoms with Crippen LogP contribution < -0.4 is 10.2 Å². The number of benzene rings is 1. The molecule has 0 spiro atoms. The zero-order valence-electron chi connectivity index (χ0n) is 16.1. The van der Waals surface area contributed by atoms with Crippen molar-refractivity contribution in [3.05, 3.63) is 52.5 Å². The van der Waals surface area contributed by atoms with Crippen LogP contribution in [0.2, 0.25) is 0 Å². The van der Waals surface area contributed by atoms with E-state index in [1.807, 2.05) is 29.8 Å². The Balaban J connectivity index is 1.84. The number of hydrogen-bond acceptors (Lipinski definition) is 5. The van der Waals surface area contributed by atoms with Crippen molar-refractivity contribution in [3.8, 4) is 0 Å². The van der Waals surface area contributed by atoms with Crippen molar-refractivity contribution in [1.29, 1.82) is 0 Å². The highest BCUT2D eigenvalue weighted by Gasteiger charge is 2.72.